The second kappa shape index (κ2) is 5.00. The third-order valence-corrected chi connectivity index (χ3v) is 3.93. The van der Waals surface area contributed by atoms with Crippen molar-refractivity contribution in [2.45, 2.75) is 6.18 Å². The molecule has 0 N–H and O–H groups in total. The van der Waals surface area contributed by atoms with E-state index < -0.39 is 11.7 Å². The van der Waals surface area contributed by atoms with Gasteiger partial charge in [0.1, 0.15) is 21.1 Å². The normalized spacial score (nSPS) is 11.8. The van der Waals surface area contributed by atoms with Crippen molar-refractivity contribution in [1.82, 2.24) is 9.97 Å². The summed E-state index contributed by atoms with van der Waals surface area (Å²) in [4.78, 5) is 9.13. The zero-order chi connectivity index (χ0) is 15.0. The number of halogens is 3. The van der Waals surface area contributed by atoms with Crippen molar-refractivity contribution in [2.75, 3.05) is 7.11 Å². The number of thiazole rings is 1. The minimum Gasteiger partial charge on any atom is -0.494 e. The largest absolute Gasteiger partial charge is 0.494 e. The molecule has 0 unspecified atom stereocenters. The maximum Gasteiger partial charge on any atom is 0.416 e. The molecule has 0 saturated heterocycles. The molecule has 0 spiro atoms. The number of benzene rings is 1. The predicted molar refractivity (Wildman–Crippen MR) is 74.4 cm³/mol. The first-order valence-electron chi connectivity index (χ1n) is 5.96. The Labute approximate surface area is 122 Å². The summed E-state index contributed by atoms with van der Waals surface area (Å²) in [5, 5.41) is 0.480. The summed E-state index contributed by atoms with van der Waals surface area (Å²) in [7, 11) is 1.51. The third kappa shape index (κ3) is 2.56. The van der Waals surface area contributed by atoms with Gasteiger partial charge < -0.3 is 4.74 Å². The van der Waals surface area contributed by atoms with E-state index in [0.717, 1.165) is 12.1 Å². The van der Waals surface area contributed by atoms with Gasteiger partial charge in [-0.2, -0.15) is 13.2 Å². The van der Waals surface area contributed by atoms with Crippen LogP contribution >= 0.6 is 11.3 Å². The van der Waals surface area contributed by atoms with Crippen molar-refractivity contribution in [1.29, 1.82) is 0 Å². The second-order valence-electron chi connectivity index (χ2n) is 4.26. The van der Waals surface area contributed by atoms with Gasteiger partial charge in [-0.1, -0.05) is 23.5 Å². The summed E-state index contributed by atoms with van der Waals surface area (Å²) in [6.07, 6.45) is -2.79. The Bertz CT molecular complexity index is 798. The molecule has 3 aromatic rings. The van der Waals surface area contributed by atoms with Crippen LogP contribution < -0.4 is 4.74 Å². The van der Waals surface area contributed by atoms with Crippen LogP contribution in [0.2, 0.25) is 0 Å². The van der Waals surface area contributed by atoms with Crippen LogP contribution in [0.25, 0.3) is 20.9 Å². The van der Waals surface area contributed by atoms with E-state index >= 15 is 0 Å². The second-order valence-corrected chi connectivity index (χ2v) is 5.24. The summed E-state index contributed by atoms with van der Waals surface area (Å²) in [6, 6.07) is 6.76. The van der Waals surface area contributed by atoms with Gasteiger partial charge in [-0.15, -0.1) is 0 Å². The lowest BCUT2D eigenvalue weighted by Crippen LogP contribution is -2.04. The molecule has 0 amide bonds. The van der Waals surface area contributed by atoms with Crippen LogP contribution in [-0.4, -0.2) is 17.1 Å². The van der Waals surface area contributed by atoms with Gasteiger partial charge in [0.15, 0.2) is 0 Å². The average molecular weight is 310 g/mol. The summed E-state index contributed by atoms with van der Waals surface area (Å²) >= 11 is 1.23. The van der Waals surface area contributed by atoms with Gasteiger partial charge in [0.05, 0.1) is 12.7 Å². The Hall–Kier alpha value is -2.15. The smallest absolute Gasteiger partial charge is 0.416 e. The monoisotopic (exact) mass is 310 g/mol. The van der Waals surface area contributed by atoms with Crippen molar-refractivity contribution in [2.24, 2.45) is 0 Å². The first-order valence-corrected chi connectivity index (χ1v) is 6.78. The molecule has 0 radical (unpaired) electrons. The van der Waals surface area contributed by atoms with Crippen molar-refractivity contribution in [3.8, 4) is 16.3 Å². The van der Waals surface area contributed by atoms with E-state index in [4.69, 9.17) is 4.74 Å². The van der Waals surface area contributed by atoms with Crippen LogP contribution in [0.3, 0.4) is 0 Å². The van der Waals surface area contributed by atoms with E-state index in [1.165, 1.54) is 24.5 Å². The number of hydrogen-bond acceptors (Lipinski definition) is 4. The lowest BCUT2D eigenvalue weighted by molar-refractivity contribution is -0.137. The van der Waals surface area contributed by atoms with Crippen LogP contribution in [0, 0.1) is 0 Å². The SMILES string of the molecule is COc1ccnc2sc(-c3cccc(C(F)(F)F)c3)nc12. The van der Waals surface area contributed by atoms with Crippen LogP contribution in [0.15, 0.2) is 36.5 Å². The molecule has 7 heteroatoms. The molecule has 0 aliphatic rings. The molecule has 0 fully saturated rings. The molecule has 0 bridgehead atoms. The topological polar surface area (TPSA) is 35.0 Å². The van der Waals surface area contributed by atoms with Crippen molar-refractivity contribution in [3.05, 3.63) is 42.1 Å². The van der Waals surface area contributed by atoms with E-state index in [1.807, 2.05) is 0 Å². The molecule has 0 atom stereocenters. The summed E-state index contributed by atoms with van der Waals surface area (Å²) in [5.41, 5.74) is 0.270. The van der Waals surface area contributed by atoms with Gasteiger partial charge in [-0.3, -0.25) is 0 Å². The fourth-order valence-corrected chi connectivity index (χ4v) is 2.85. The highest BCUT2D eigenvalue weighted by atomic mass is 32.1. The van der Waals surface area contributed by atoms with Crippen LogP contribution in [0.5, 0.6) is 5.75 Å². The molecule has 0 aliphatic heterocycles. The minimum absolute atomic E-state index is 0.412. The number of methoxy groups -OCH3 is 1. The fraction of sp³-hybridized carbons (Fsp3) is 0.143. The van der Waals surface area contributed by atoms with Gasteiger partial charge in [0.25, 0.3) is 0 Å². The molecular formula is C14H9F3N2OS. The number of ether oxygens (including phenoxy) is 1. The van der Waals surface area contributed by atoms with Crippen molar-refractivity contribution in [3.63, 3.8) is 0 Å². The van der Waals surface area contributed by atoms with Crippen LogP contribution in [0.4, 0.5) is 13.2 Å². The molecule has 2 heterocycles. The van der Waals surface area contributed by atoms with E-state index in [-0.39, 0.29) is 0 Å². The quantitative estimate of drug-likeness (QED) is 0.704. The first-order chi connectivity index (χ1) is 9.99. The Morgan fingerprint density at radius 2 is 2.00 bits per heavy atom. The maximum absolute atomic E-state index is 12.8. The standard InChI is InChI=1S/C14H9F3N2OS/c1-20-10-5-6-18-13-11(10)19-12(21-13)8-3-2-4-9(7-8)14(15,16)17/h2-7H,1H3. The van der Waals surface area contributed by atoms with Gasteiger partial charge in [0, 0.05) is 17.8 Å². The Balaban J connectivity index is 2.13. The lowest BCUT2D eigenvalue weighted by atomic mass is 10.1. The van der Waals surface area contributed by atoms with Crippen molar-refractivity contribution >= 4 is 21.7 Å². The number of fused-ring (bicyclic) bond motifs is 1. The van der Waals surface area contributed by atoms with Crippen molar-refractivity contribution < 1.29 is 17.9 Å². The molecule has 3 nitrogen and oxygen atoms in total. The number of nitrogens with zero attached hydrogens (tertiary/aromatic N) is 2. The summed E-state index contributed by atoms with van der Waals surface area (Å²) < 4.78 is 43.5. The zero-order valence-electron chi connectivity index (χ0n) is 10.8. The van der Waals surface area contributed by atoms with Crippen LogP contribution in [0.1, 0.15) is 5.56 Å². The first kappa shape index (κ1) is 13.8. The number of hydrogen-bond donors (Lipinski definition) is 0. The molecular weight excluding hydrogens is 301 g/mol. The molecule has 21 heavy (non-hydrogen) atoms. The van der Waals surface area contributed by atoms with E-state index in [9.17, 15) is 13.2 Å². The zero-order valence-corrected chi connectivity index (χ0v) is 11.6. The lowest BCUT2D eigenvalue weighted by Gasteiger charge is -2.07. The highest BCUT2D eigenvalue weighted by Gasteiger charge is 2.30. The molecule has 1 aromatic carbocycles. The Morgan fingerprint density at radius 3 is 2.71 bits per heavy atom. The van der Waals surface area contributed by atoms with Crippen LogP contribution in [-0.2, 0) is 6.18 Å². The number of rotatable bonds is 2. The highest BCUT2D eigenvalue weighted by Crippen LogP contribution is 2.36. The molecule has 2 aromatic heterocycles. The Morgan fingerprint density at radius 1 is 1.19 bits per heavy atom. The van der Waals surface area contributed by atoms with Gasteiger partial charge in [0.2, 0.25) is 0 Å². The molecule has 0 saturated carbocycles. The minimum atomic E-state index is -4.37. The number of aromatic nitrogens is 2. The summed E-state index contributed by atoms with van der Waals surface area (Å²) in [5.74, 6) is 0.550. The van der Waals surface area contributed by atoms with E-state index in [0.29, 0.717) is 26.7 Å². The molecule has 0 aliphatic carbocycles. The van der Waals surface area contributed by atoms with Gasteiger partial charge >= 0.3 is 6.18 Å². The molecule has 108 valence electrons. The predicted octanol–water partition coefficient (Wildman–Crippen LogP) is 4.39. The number of alkyl halides is 3. The fourth-order valence-electron chi connectivity index (χ4n) is 1.93. The Kier molecular flexibility index (Phi) is 3.29. The highest BCUT2D eigenvalue weighted by molar-refractivity contribution is 7.21. The van der Waals surface area contributed by atoms with Gasteiger partial charge in [-0.25, -0.2) is 9.97 Å². The maximum atomic E-state index is 12.8. The summed E-state index contributed by atoms with van der Waals surface area (Å²) in [6.45, 7) is 0. The van der Waals surface area contributed by atoms with E-state index in [2.05, 4.69) is 9.97 Å². The van der Waals surface area contributed by atoms with E-state index in [1.54, 1.807) is 18.3 Å². The number of pyridine rings is 1. The average Bonchev–Trinajstić information content (AvgIpc) is 2.90. The molecule has 3 rings (SSSR count). The third-order valence-electron chi connectivity index (χ3n) is 2.92. The van der Waals surface area contributed by atoms with Gasteiger partial charge in [-0.05, 0) is 12.1 Å².